The van der Waals surface area contributed by atoms with Crippen molar-refractivity contribution < 1.29 is 5.11 Å². The van der Waals surface area contributed by atoms with Crippen LogP contribution in [-0.4, -0.2) is 20.3 Å². The largest absolute Gasteiger partial charge is 0.506 e. The molecule has 0 amide bonds. The first kappa shape index (κ1) is 16.3. The molecular weight excluding hydrogens is 348 g/mol. The van der Waals surface area contributed by atoms with Crippen LogP contribution in [0.15, 0.2) is 67.0 Å². The molecule has 0 bridgehead atoms. The molecule has 0 fully saturated rings. The molecule has 4 aromatic rings. The maximum Gasteiger partial charge on any atom is 0.160 e. The number of anilines is 2. The SMILES string of the molecule is Oc1cc(Nc2nnc(Cc3ccncc3)c3ccccc23)ccc1Cl. The lowest BCUT2D eigenvalue weighted by Crippen LogP contribution is -2.02. The average Bonchev–Trinajstić information content (AvgIpc) is 2.67. The number of rotatable bonds is 4. The molecule has 0 aliphatic carbocycles. The standard InChI is InChI=1S/C20H15ClN4O/c21-17-6-5-14(12-19(17)26)23-20-16-4-2-1-3-15(16)18(24-25-20)11-13-7-9-22-10-8-13/h1-10,12,26H,11H2,(H,23,25). The van der Waals surface area contributed by atoms with Crippen molar-refractivity contribution in [2.75, 3.05) is 5.32 Å². The first-order valence-corrected chi connectivity index (χ1v) is 8.47. The lowest BCUT2D eigenvalue weighted by Gasteiger charge is -2.11. The van der Waals surface area contributed by atoms with Crippen molar-refractivity contribution in [2.45, 2.75) is 6.42 Å². The van der Waals surface area contributed by atoms with Gasteiger partial charge in [0, 0.05) is 41.3 Å². The highest BCUT2D eigenvalue weighted by atomic mass is 35.5. The van der Waals surface area contributed by atoms with Crippen molar-refractivity contribution in [1.82, 2.24) is 15.2 Å². The highest BCUT2D eigenvalue weighted by molar-refractivity contribution is 6.32. The first-order valence-electron chi connectivity index (χ1n) is 8.09. The van der Waals surface area contributed by atoms with E-state index in [2.05, 4.69) is 20.5 Å². The van der Waals surface area contributed by atoms with Crippen molar-refractivity contribution in [2.24, 2.45) is 0 Å². The Bertz CT molecular complexity index is 1070. The molecule has 0 unspecified atom stereocenters. The maximum atomic E-state index is 9.79. The second-order valence-corrected chi connectivity index (χ2v) is 6.27. The maximum absolute atomic E-state index is 9.79. The van der Waals surface area contributed by atoms with Crippen LogP contribution in [0.3, 0.4) is 0 Å². The average molecular weight is 363 g/mol. The predicted octanol–water partition coefficient (Wildman–Crippen LogP) is 4.72. The Balaban J connectivity index is 1.73. The fourth-order valence-electron chi connectivity index (χ4n) is 2.80. The fraction of sp³-hybridized carbons (Fsp3) is 0.0500. The van der Waals surface area contributed by atoms with Gasteiger partial charge in [0.05, 0.1) is 10.7 Å². The zero-order valence-corrected chi connectivity index (χ0v) is 14.5. The van der Waals surface area contributed by atoms with Crippen LogP contribution in [0.1, 0.15) is 11.3 Å². The molecule has 2 aromatic carbocycles. The normalized spacial score (nSPS) is 10.8. The van der Waals surface area contributed by atoms with E-state index in [4.69, 9.17) is 11.6 Å². The van der Waals surface area contributed by atoms with E-state index in [-0.39, 0.29) is 5.75 Å². The van der Waals surface area contributed by atoms with Crippen molar-refractivity contribution in [3.8, 4) is 5.75 Å². The summed E-state index contributed by atoms with van der Waals surface area (Å²) in [7, 11) is 0. The topological polar surface area (TPSA) is 70.9 Å². The number of nitrogens with one attached hydrogen (secondary N) is 1. The second-order valence-electron chi connectivity index (χ2n) is 5.86. The molecule has 4 rings (SSSR count). The van der Waals surface area contributed by atoms with Crippen LogP contribution in [0.5, 0.6) is 5.75 Å². The van der Waals surface area contributed by atoms with E-state index in [9.17, 15) is 5.11 Å². The molecule has 0 saturated carbocycles. The minimum atomic E-state index is 0.0169. The molecule has 0 aliphatic rings. The smallest absolute Gasteiger partial charge is 0.160 e. The summed E-state index contributed by atoms with van der Waals surface area (Å²) < 4.78 is 0. The molecule has 2 aromatic heterocycles. The van der Waals surface area contributed by atoms with Crippen LogP contribution in [0.4, 0.5) is 11.5 Å². The van der Waals surface area contributed by atoms with E-state index in [1.807, 2.05) is 36.4 Å². The highest BCUT2D eigenvalue weighted by Gasteiger charge is 2.10. The van der Waals surface area contributed by atoms with Crippen LogP contribution in [0.2, 0.25) is 5.02 Å². The number of phenols is 1. The lowest BCUT2D eigenvalue weighted by molar-refractivity contribution is 0.476. The van der Waals surface area contributed by atoms with Crippen LogP contribution >= 0.6 is 11.6 Å². The van der Waals surface area contributed by atoms with Gasteiger partial charge >= 0.3 is 0 Å². The van der Waals surface area contributed by atoms with Crippen molar-refractivity contribution in [1.29, 1.82) is 0 Å². The van der Waals surface area contributed by atoms with Crippen LogP contribution in [-0.2, 0) is 6.42 Å². The quantitative estimate of drug-likeness (QED) is 0.549. The molecule has 0 spiro atoms. The zero-order chi connectivity index (χ0) is 17.9. The molecule has 2 heterocycles. The number of fused-ring (bicyclic) bond motifs is 1. The molecule has 26 heavy (non-hydrogen) atoms. The van der Waals surface area contributed by atoms with E-state index < -0.39 is 0 Å². The summed E-state index contributed by atoms with van der Waals surface area (Å²) in [4.78, 5) is 4.05. The number of aromatic nitrogens is 3. The minimum Gasteiger partial charge on any atom is -0.506 e. The van der Waals surface area contributed by atoms with Crippen LogP contribution in [0, 0.1) is 0 Å². The van der Waals surface area contributed by atoms with Gasteiger partial charge in [-0.2, -0.15) is 5.10 Å². The Kier molecular flexibility index (Phi) is 4.37. The summed E-state index contributed by atoms with van der Waals surface area (Å²) in [5, 5.41) is 24.1. The predicted molar refractivity (Wildman–Crippen MR) is 103 cm³/mol. The molecule has 128 valence electrons. The number of phenolic OH excluding ortho intramolecular Hbond substituents is 1. The van der Waals surface area contributed by atoms with Crippen molar-refractivity contribution >= 4 is 33.9 Å². The molecule has 2 N–H and O–H groups in total. The number of benzene rings is 2. The van der Waals surface area contributed by atoms with Gasteiger partial charge in [-0.15, -0.1) is 5.10 Å². The molecule has 5 nitrogen and oxygen atoms in total. The molecule has 0 atom stereocenters. The van der Waals surface area contributed by atoms with Gasteiger partial charge in [-0.3, -0.25) is 4.98 Å². The Labute approximate surface area is 155 Å². The summed E-state index contributed by atoms with van der Waals surface area (Å²) >= 11 is 5.87. The third kappa shape index (κ3) is 3.30. The van der Waals surface area contributed by atoms with E-state index in [0.717, 1.165) is 22.0 Å². The van der Waals surface area contributed by atoms with Gasteiger partial charge < -0.3 is 10.4 Å². The van der Waals surface area contributed by atoms with Gasteiger partial charge in [-0.1, -0.05) is 35.9 Å². The second kappa shape index (κ2) is 6.98. The molecule has 0 radical (unpaired) electrons. The fourth-order valence-corrected chi connectivity index (χ4v) is 2.92. The number of halogens is 1. The Morgan fingerprint density at radius 2 is 1.69 bits per heavy atom. The summed E-state index contributed by atoms with van der Waals surface area (Å²) in [6, 6.07) is 16.9. The number of pyridine rings is 1. The third-order valence-electron chi connectivity index (χ3n) is 4.09. The number of hydrogen-bond donors (Lipinski definition) is 2. The molecular formula is C20H15ClN4O. The Morgan fingerprint density at radius 1 is 0.923 bits per heavy atom. The number of nitrogens with zero attached hydrogens (tertiary/aromatic N) is 3. The van der Waals surface area contributed by atoms with Gasteiger partial charge in [0.2, 0.25) is 0 Å². The summed E-state index contributed by atoms with van der Waals surface area (Å²) in [5.41, 5.74) is 2.72. The minimum absolute atomic E-state index is 0.0169. The van der Waals surface area contributed by atoms with Gasteiger partial charge in [0.25, 0.3) is 0 Å². The zero-order valence-electron chi connectivity index (χ0n) is 13.7. The van der Waals surface area contributed by atoms with E-state index in [0.29, 0.717) is 22.9 Å². The third-order valence-corrected chi connectivity index (χ3v) is 4.41. The van der Waals surface area contributed by atoms with Gasteiger partial charge in [-0.25, -0.2) is 0 Å². The van der Waals surface area contributed by atoms with E-state index in [1.165, 1.54) is 0 Å². The number of aromatic hydroxyl groups is 1. The lowest BCUT2D eigenvalue weighted by atomic mass is 10.0. The monoisotopic (exact) mass is 362 g/mol. The highest BCUT2D eigenvalue weighted by Crippen LogP contribution is 2.30. The summed E-state index contributed by atoms with van der Waals surface area (Å²) in [6.45, 7) is 0. The van der Waals surface area contributed by atoms with Gasteiger partial charge in [0.15, 0.2) is 5.82 Å². The van der Waals surface area contributed by atoms with Crippen molar-refractivity contribution in [3.05, 3.63) is 83.3 Å². The van der Waals surface area contributed by atoms with Crippen LogP contribution in [0.25, 0.3) is 10.8 Å². The Morgan fingerprint density at radius 3 is 2.46 bits per heavy atom. The summed E-state index contributed by atoms with van der Waals surface area (Å²) in [5.74, 6) is 0.643. The molecule has 0 saturated heterocycles. The Hall–Kier alpha value is -3.18. The van der Waals surface area contributed by atoms with Crippen LogP contribution < -0.4 is 5.32 Å². The number of hydrogen-bond acceptors (Lipinski definition) is 5. The van der Waals surface area contributed by atoms with Gasteiger partial charge in [0.1, 0.15) is 5.75 Å². The molecule has 6 heteroatoms. The van der Waals surface area contributed by atoms with Gasteiger partial charge in [-0.05, 0) is 29.8 Å². The van der Waals surface area contributed by atoms with Crippen molar-refractivity contribution in [3.63, 3.8) is 0 Å². The first-order chi connectivity index (χ1) is 12.7. The van der Waals surface area contributed by atoms with E-state index >= 15 is 0 Å². The molecule has 0 aliphatic heterocycles. The van der Waals surface area contributed by atoms with E-state index in [1.54, 1.807) is 30.6 Å². The summed E-state index contributed by atoms with van der Waals surface area (Å²) in [6.07, 6.45) is 4.22.